The van der Waals surface area contributed by atoms with Crippen LogP contribution in [0.25, 0.3) is 22.6 Å². The minimum Gasteiger partial charge on any atom is -0.288 e. The van der Waals surface area contributed by atoms with E-state index >= 15 is 0 Å². The van der Waals surface area contributed by atoms with E-state index in [1.165, 1.54) is 0 Å². The van der Waals surface area contributed by atoms with Gasteiger partial charge in [-0.3, -0.25) is 9.78 Å². The molecule has 0 spiro atoms. The highest BCUT2D eigenvalue weighted by molar-refractivity contribution is 6.21. The van der Waals surface area contributed by atoms with Gasteiger partial charge in [0, 0.05) is 5.69 Å². The van der Waals surface area contributed by atoms with Crippen LogP contribution in [0.4, 0.5) is 0 Å². The molecule has 0 aliphatic heterocycles. The maximum absolute atomic E-state index is 12.3. The Balaban J connectivity index is 2.07. The molecule has 6 heteroatoms. The number of nitrogens with zero attached hydrogens (tertiary/aromatic N) is 4. The molecule has 19 heavy (non-hydrogen) atoms. The zero-order valence-corrected chi connectivity index (χ0v) is 10.1. The molecule has 0 unspecified atom stereocenters. The molecule has 4 rings (SSSR count). The van der Waals surface area contributed by atoms with Crippen LogP contribution in [0.1, 0.15) is 28.5 Å². The highest BCUT2D eigenvalue weighted by Crippen LogP contribution is 2.34. The molecule has 0 saturated carbocycles. The van der Waals surface area contributed by atoms with Crippen LogP contribution in [0.5, 0.6) is 0 Å². The summed E-state index contributed by atoms with van der Waals surface area (Å²) in [5.74, 6) is -0.0439. The summed E-state index contributed by atoms with van der Waals surface area (Å²) in [4.78, 5) is 21.2. The third-order valence-electron chi connectivity index (χ3n) is 3.34. The molecule has 1 N–H and O–H groups in total. The largest absolute Gasteiger partial charge is 0.288 e. The molecule has 3 aromatic rings. The van der Waals surface area contributed by atoms with Gasteiger partial charge in [-0.2, -0.15) is 10.3 Å². The van der Waals surface area contributed by atoms with Crippen LogP contribution >= 0.6 is 0 Å². The number of aromatic amines is 1. The summed E-state index contributed by atoms with van der Waals surface area (Å²) >= 11 is 0. The minimum atomic E-state index is -0.0439. The highest BCUT2D eigenvalue weighted by Gasteiger charge is 2.30. The van der Waals surface area contributed by atoms with Gasteiger partial charge < -0.3 is 0 Å². The lowest BCUT2D eigenvalue weighted by atomic mass is 10.1. The Morgan fingerprint density at radius 2 is 1.95 bits per heavy atom. The Kier molecular flexibility index (Phi) is 1.87. The maximum atomic E-state index is 12.3. The molecule has 0 bridgehead atoms. The first kappa shape index (κ1) is 10.3. The van der Waals surface area contributed by atoms with E-state index in [-0.39, 0.29) is 5.78 Å². The van der Waals surface area contributed by atoms with Crippen LogP contribution in [0.15, 0.2) is 18.2 Å². The van der Waals surface area contributed by atoms with Gasteiger partial charge in [0.25, 0.3) is 0 Å². The molecular weight excluding hydrogens is 242 g/mol. The molecule has 0 radical (unpaired) electrons. The maximum Gasteiger partial charge on any atom is 0.202 e. The molecule has 1 aliphatic carbocycles. The first-order chi connectivity index (χ1) is 9.28. The number of aromatic nitrogens is 5. The van der Waals surface area contributed by atoms with Crippen molar-refractivity contribution in [2.75, 3.05) is 0 Å². The zero-order chi connectivity index (χ0) is 13.0. The Morgan fingerprint density at radius 3 is 2.79 bits per heavy atom. The quantitative estimate of drug-likeness (QED) is 0.554. The number of fused-ring (bicyclic) bond motifs is 4. The van der Waals surface area contributed by atoms with Gasteiger partial charge in [0.1, 0.15) is 16.9 Å². The van der Waals surface area contributed by atoms with Crippen LogP contribution in [0.2, 0.25) is 0 Å². The smallest absolute Gasteiger partial charge is 0.202 e. The number of carbonyl (C=O) groups excluding carboxylic acids is 1. The predicted molar refractivity (Wildman–Crippen MR) is 67.7 cm³/mol. The Hall–Kier alpha value is -2.63. The van der Waals surface area contributed by atoms with Gasteiger partial charge >= 0.3 is 0 Å². The van der Waals surface area contributed by atoms with Crippen LogP contribution < -0.4 is 0 Å². The normalized spacial score (nSPS) is 12.8. The number of ketones is 1. The van der Waals surface area contributed by atoms with E-state index in [1.807, 2.05) is 19.1 Å². The molecule has 0 fully saturated rings. The van der Waals surface area contributed by atoms with E-state index in [9.17, 15) is 4.79 Å². The van der Waals surface area contributed by atoms with Crippen molar-refractivity contribution in [1.29, 1.82) is 0 Å². The number of rotatable bonds is 1. The van der Waals surface area contributed by atoms with Gasteiger partial charge in [0.05, 0.1) is 11.1 Å². The molecule has 0 amide bonds. The number of hydrogen-bond donors (Lipinski definition) is 1. The highest BCUT2D eigenvalue weighted by atomic mass is 16.1. The van der Waals surface area contributed by atoms with Gasteiger partial charge in [0.2, 0.25) is 5.65 Å². The lowest BCUT2D eigenvalue weighted by Gasteiger charge is -2.00. The first-order valence-electron chi connectivity index (χ1n) is 6.04. The first-order valence-corrected chi connectivity index (χ1v) is 6.04. The number of aryl methyl sites for hydroxylation is 1. The van der Waals surface area contributed by atoms with Gasteiger partial charge in [-0.25, -0.2) is 4.98 Å². The topological polar surface area (TPSA) is 84.4 Å². The summed E-state index contributed by atoms with van der Waals surface area (Å²) in [6, 6.07) is 5.42. The fourth-order valence-electron chi connectivity index (χ4n) is 2.34. The molecule has 3 heterocycles. The average molecular weight is 251 g/mol. The third-order valence-corrected chi connectivity index (χ3v) is 3.34. The van der Waals surface area contributed by atoms with Gasteiger partial charge in [-0.1, -0.05) is 6.92 Å². The monoisotopic (exact) mass is 251 g/mol. The molecule has 0 saturated heterocycles. The molecule has 1 aliphatic rings. The number of pyridine rings is 2. The van der Waals surface area contributed by atoms with E-state index < -0.39 is 0 Å². The van der Waals surface area contributed by atoms with E-state index in [2.05, 4.69) is 25.4 Å². The SMILES string of the molecule is CCc1ccc2c(n1)-c1nc3n[nH]nc3cc1C2=O. The van der Waals surface area contributed by atoms with Crippen molar-refractivity contribution in [3.05, 3.63) is 35.0 Å². The molecular formula is C13H9N5O. The Morgan fingerprint density at radius 1 is 1.11 bits per heavy atom. The molecule has 0 atom stereocenters. The lowest BCUT2D eigenvalue weighted by molar-refractivity contribution is 0.104. The van der Waals surface area contributed by atoms with Crippen molar-refractivity contribution in [2.24, 2.45) is 0 Å². The molecule has 6 nitrogen and oxygen atoms in total. The molecule has 3 aromatic heterocycles. The second kappa shape index (κ2) is 3.44. The van der Waals surface area contributed by atoms with E-state index in [0.717, 1.165) is 12.1 Å². The van der Waals surface area contributed by atoms with Crippen molar-refractivity contribution >= 4 is 16.9 Å². The lowest BCUT2D eigenvalue weighted by Crippen LogP contribution is -1.96. The summed E-state index contributed by atoms with van der Waals surface area (Å²) in [5.41, 5.74) is 4.47. The van der Waals surface area contributed by atoms with E-state index in [0.29, 0.717) is 33.7 Å². The fraction of sp³-hybridized carbons (Fsp3) is 0.154. The number of H-pyrrole nitrogens is 1. The van der Waals surface area contributed by atoms with Gasteiger partial charge in [0.15, 0.2) is 5.78 Å². The van der Waals surface area contributed by atoms with Gasteiger partial charge in [-0.15, -0.1) is 5.10 Å². The van der Waals surface area contributed by atoms with E-state index in [1.54, 1.807) is 6.07 Å². The van der Waals surface area contributed by atoms with E-state index in [4.69, 9.17) is 0 Å². The average Bonchev–Trinajstić information content (AvgIpc) is 3.00. The van der Waals surface area contributed by atoms with Gasteiger partial charge in [-0.05, 0) is 24.6 Å². The zero-order valence-electron chi connectivity index (χ0n) is 10.1. The van der Waals surface area contributed by atoms with Crippen LogP contribution in [-0.2, 0) is 6.42 Å². The summed E-state index contributed by atoms with van der Waals surface area (Å²) in [7, 11) is 0. The van der Waals surface area contributed by atoms with Crippen LogP contribution in [-0.4, -0.2) is 31.2 Å². The summed E-state index contributed by atoms with van der Waals surface area (Å²) < 4.78 is 0. The van der Waals surface area contributed by atoms with Crippen LogP contribution in [0, 0.1) is 0 Å². The Labute approximate surface area is 107 Å². The predicted octanol–water partition coefficient (Wildman–Crippen LogP) is 1.52. The standard InChI is InChI=1S/C13H9N5O/c1-2-6-3-4-7-10(14-6)11-8(12(7)19)5-9-13(15-11)17-18-16-9/h3-5H,2H2,1H3,(H,15,16,17,18). The van der Waals surface area contributed by atoms with Crippen LogP contribution in [0.3, 0.4) is 0 Å². The van der Waals surface area contributed by atoms with Crippen molar-refractivity contribution in [3.63, 3.8) is 0 Å². The summed E-state index contributed by atoms with van der Waals surface area (Å²) in [6.07, 6.45) is 0.822. The number of nitrogens with one attached hydrogen (secondary N) is 1. The number of hydrogen-bond acceptors (Lipinski definition) is 5. The second-order valence-corrected chi connectivity index (χ2v) is 4.43. The summed E-state index contributed by atoms with van der Waals surface area (Å²) in [5, 5.41) is 10.4. The second-order valence-electron chi connectivity index (χ2n) is 4.43. The van der Waals surface area contributed by atoms with Crippen molar-refractivity contribution < 1.29 is 4.79 Å². The summed E-state index contributed by atoms with van der Waals surface area (Å²) in [6.45, 7) is 2.03. The molecule has 92 valence electrons. The molecule has 0 aromatic carbocycles. The Bertz CT molecular complexity index is 836. The third kappa shape index (κ3) is 1.28. The number of carbonyl (C=O) groups is 1. The van der Waals surface area contributed by atoms with Crippen molar-refractivity contribution in [1.82, 2.24) is 25.4 Å². The van der Waals surface area contributed by atoms with Crippen molar-refractivity contribution in [2.45, 2.75) is 13.3 Å². The van der Waals surface area contributed by atoms with Crippen molar-refractivity contribution in [3.8, 4) is 11.4 Å². The minimum absolute atomic E-state index is 0.0439. The fourth-order valence-corrected chi connectivity index (χ4v) is 2.34.